The second kappa shape index (κ2) is 5.80. The molecule has 0 saturated heterocycles. The first-order chi connectivity index (χ1) is 9.76. The number of aryl methyl sites for hydroxylation is 1. The van der Waals surface area contributed by atoms with Gasteiger partial charge in [0.15, 0.2) is 0 Å². The fraction of sp³-hybridized carbons (Fsp3) is 0.294. The molecule has 0 aromatic heterocycles. The van der Waals surface area contributed by atoms with Crippen LogP contribution < -0.4 is 10.1 Å². The molecular formula is C17H19NOS. The number of thioether (sulfide) groups is 1. The molecule has 104 valence electrons. The van der Waals surface area contributed by atoms with Crippen LogP contribution in [-0.2, 0) is 6.42 Å². The van der Waals surface area contributed by atoms with Crippen molar-refractivity contribution in [2.45, 2.75) is 23.5 Å². The Kier molecular flexibility index (Phi) is 3.88. The first-order valence-corrected chi connectivity index (χ1v) is 7.77. The number of anilines is 1. The Bertz CT molecular complexity index is 587. The lowest BCUT2D eigenvalue weighted by Crippen LogP contribution is -2.16. The van der Waals surface area contributed by atoms with Crippen molar-refractivity contribution < 1.29 is 4.74 Å². The second-order valence-electron chi connectivity index (χ2n) is 5.14. The largest absolute Gasteiger partial charge is 0.495 e. The van der Waals surface area contributed by atoms with Gasteiger partial charge in [-0.25, -0.2) is 0 Å². The summed E-state index contributed by atoms with van der Waals surface area (Å²) in [4.78, 5) is 1.43. The van der Waals surface area contributed by atoms with E-state index in [1.54, 1.807) is 7.11 Å². The summed E-state index contributed by atoms with van der Waals surface area (Å²) in [7, 11) is 1.72. The van der Waals surface area contributed by atoms with Crippen LogP contribution in [0, 0.1) is 6.92 Å². The molecule has 0 bridgehead atoms. The zero-order valence-corrected chi connectivity index (χ0v) is 12.7. The lowest BCUT2D eigenvalue weighted by molar-refractivity contribution is 0.416. The molecule has 0 fully saturated rings. The number of ether oxygens (including phenoxy) is 1. The van der Waals surface area contributed by atoms with Crippen LogP contribution in [0.3, 0.4) is 0 Å². The summed E-state index contributed by atoms with van der Waals surface area (Å²) >= 11 is 1.97. The summed E-state index contributed by atoms with van der Waals surface area (Å²) in [6.07, 6.45) is 1.14. The smallest absolute Gasteiger partial charge is 0.141 e. The van der Waals surface area contributed by atoms with Crippen molar-refractivity contribution in [2.24, 2.45) is 0 Å². The quantitative estimate of drug-likeness (QED) is 0.912. The van der Waals surface area contributed by atoms with E-state index in [0.717, 1.165) is 24.4 Å². The van der Waals surface area contributed by atoms with Crippen molar-refractivity contribution in [1.82, 2.24) is 0 Å². The third-order valence-corrected chi connectivity index (χ3v) is 4.91. The van der Waals surface area contributed by atoms with Crippen LogP contribution in [0.2, 0.25) is 0 Å². The van der Waals surface area contributed by atoms with E-state index in [0.29, 0.717) is 5.25 Å². The maximum Gasteiger partial charge on any atom is 0.141 e. The van der Waals surface area contributed by atoms with Gasteiger partial charge in [0.1, 0.15) is 5.75 Å². The molecule has 3 rings (SSSR count). The van der Waals surface area contributed by atoms with E-state index in [-0.39, 0.29) is 0 Å². The Morgan fingerprint density at radius 2 is 2.10 bits per heavy atom. The zero-order valence-electron chi connectivity index (χ0n) is 11.8. The summed E-state index contributed by atoms with van der Waals surface area (Å²) in [6.45, 7) is 3.06. The lowest BCUT2D eigenvalue weighted by Gasteiger charge is -2.15. The molecule has 0 amide bonds. The fourth-order valence-corrected chi connectivity index (χ4v) is 3.80. The van der Waals surface area contributed by atoms with Gasteiger partial charge in [-0.3, -0.25) is 0 Å². The third kappa shape index (κ3) is 2.78. The fourth-order valence-electron chi connectivity index (χ4n) is 2.55. The van der Waals surface area contributed by atoms with Gasteiger partial charge in [0.05, 0.1) is 12.8 Å². The van der Waals surface area contributed by atoms with Crippen LogP contribution in [0.1, 0.15) is 11.1 Å². The second-order valence-corrected chi connectivity index (χ2v) is 6.48. The lowest BCUT2D eigenvalue weighted by atomic mass is 10.1. The summed E-state index contributed by atoms with van der Waals surface area (Å²) in [5.41, 5.74) is 3.81. The molecule has 0 saturated carbocycles. The number of rotatable bonds is 4. The highest BCUT2D eigenvalue weighted by atomic mass is 32.2. The van der Waals surface area contributed by atoms with Crippen LogP contribution in [-0.4, -0.2) is 18.9 Å². The zero-order chi connectivity index (χ0) is 13.9. The van der Waals surface area contributed by atoms with Gasteiger partial charge >= 0.3 is 0 Å². The van der Waals surface area contributed by atoms with Crippen LogP contribution >= 0.6 is 11.8 Å². The molecule has 2 nitrogen and oxygen atoms in total. The standard InChI is InChI=1S/C17H19NOS/c1-12-7-8-16(19-2)15(9-12)18-11-14-10-13-5-3-4-6-17(13)20-14/h3-9,14,18H,10-11H2,1-2H3. The number of fused-ring (bicyclic) bond motifs is 1. The van der Waals surface area contributed by atoms with Gasteiger partial charge in [0, 0.05) is 16.7 Å². The van der Waals surface area contributed by atoms with E-state index in [9.17, 15) is 0 Å². The van der Waals surface area contributed by atoms with E-state index in [1.807, 2.05) is 17.8 Å². The number of nitrogens with one attached hydrogen (secondary N) is 1. The van der Waals surface area contributed by atoms with Gasteiger partial charge < -0.3 is 10.1 Å². The van der Waals surface area contributed by atoms with Gasteiger partial charge in [0.25, 0.3) is 0 Å². The molecule has 1 atom stereocenters. The highest BCUT2D eigenvalue weighted by molar-refractivity contribution is 8.00. The normalized spacial score (nSPS) is 16.8. The van der Waals surface area contributed by atoms with Gasteiger partial charge in [-0.05, 0) is 42.7 Å². The highest BCUT2D eigenvalue weighted by Gasteiger charge is 2.21. The van der Waals surface area contributed by atoms with Gasteiger partial charge in [0.2, 0.25) is 0 Å². The number of hydrogen-bond donors (Lipinski definition) is 1. The average molecular weight is 285 g/mol. The van der Waals surface area contributed by atoms with E-state index >= 15 is 0 Å². The molecule has 2 aromatic carbocycles. The Hall–Kier alpha value is -1.61. The van der Waals surface area contributed by atoms with Crippen molar-refractivity contribution in [3.63, 3.8) is 0 Å². The number of hydrogen-bond acceptors (Lipinski definition) is 3. The molecule has 1 aliphatic heterocycles. The number of methoxy groups -OCH3 is 1. The minimum Gasteiger partial charge on any atom is -0.495 e. The molecule has 0 radical (unpaired) electrons. The molecule has 2 aromatic rings. The molecule has 0 spiro atoms. The summed E-state index contributed by atoms with van der Waals surface area (Å²) < 4.78 is 5.41. The van der Waals surface area contributed by atoms with Crippen LogP contribution in [0.4, 0.5) is 5.69 Å². The van der Waals surface area contributed by atoms with Gasteiger partial charge in [-0.1, -0.05) is 24.3 Å². The minimum absolute atomic E-state index is 0.595. The third-order valence-electron chi connectivity index (χ3n) is 3.59. The Balaban J connectivity index is 1.65. The predicted octanol–water partition coefficient (Wildman–Crippen LogP) is 4.13. The monoisotopic (exact) mass is 285 g/mol. The van der Waals surface area contributed by atoms with Crippen LogP contribution in [0.25, 0.3) is 0 Å². The molecule has 1 aliphatic rings. The van der Waals surface area contributed by atoms with Crippen LogP contribution in [0.15, 0.2) is 47.4 Å². The van der Waals surface area contributed by atoms with E-state index in [1.165, 1.54) is 16.0 Å². The maximum atomic E-state index is 5.41. The van der Waals surface area contributed by atoms with Crippen molar-refractivity contribution in [3.8, 4) is 5.75 Å². The Morgan fingerprint density at radius 3 is 2.90 bits per heavy atom. The average Bonchev–Trinajstić information content (AvgIpc) is 2.88. The first-order valence-electron chi connectivity index (χ1n) is 6.89. The van der Waals surface area contributed by atoms with Crippen molar-refractivity contribution in [2.75, 3.05) is 19.0 Å². The molecule has 1 unspecified atom stereocenters. The summed E-state index contributed by atoms with van der Waals surface area (Å²) in [6, 6.07) is 14.9. The SMILES string of the molecule is COc1ccc(C)cc1NCC1Cc2ccccc2S1. The van der Waals surface area contributed by atoms with Crippen molar-refractivity contribution in [1.29, 1.82) is 0 Å². The topological polar surface area (TPSA) is 21.3 Å². The molecule has 3 heteroatoms. The first kappa shape index (κ1) is 13.4. The molecular weight excluding hydrogens is 266 g/mol. The maximum absolute atomic E-state index is 5.41. The molecule has 1 heterocycles. The Labute approximate surface area is 124 Å². The Morgan fingerprint density at radius 1 is 1.25 bits per heavy atom. The van der Waals surface area contributed by atoms with E-state index in [2.05, 4.69) is 48.6 Å². The van der Waals surface area contributed by atoms with E-state index in [4.69, 9.17) is 4.74 Å². The van der Waals surface area contributed by atoms with Gasteiger partial charge in [-0.2, -0.15) is 0 Å². The van der Waals surface area contributed by atoms with Crippen molar-refractivity contribution in [3.05, 3.63) is 53.6 Å². The summed E-state index contributed by atoms with van der Waals surface area (Å²) in [5, 5.41) is 4.13. The molecule has 0 aliphatic carbocycles. The van der Waals surface area contributed by atoms with Crippen LogP contribution in [0.5, 0.6) is 5.75 Å². The predicted molar refractivity (Wildman–Crippen MR) is 86.0 cm³/mol. The van der Waals surface area contributed by atoms with E-state index < -0.39 is 0 Å². The highest BCUT2D eigenvalue weighted by Crippen LogP contribution is 2.37. The minimum atomic E-state index is 0.595. The number of benzene rings is 2. The van der Waals surface area contributed by atoms with Gasteiger partial charge in [-0.15, -0.1) is 11.8 Å². The molecule has 1 N–H and O–H groups in total. The summed E-state index contributed by atoms with van der Waals surface area (Å²) in [5.74, 6) is 0.913. The molecule has 20 heavy (non-hydrogen) atoms. The van der Waals surface area contributed by atoms with Crippen molar-refractivity contribution >= 4 is 17.4 Å².